The van der Waals surface area contributed by atoms with E-state index in [9.17, 15) is 18.0 Å². The number of anilines is 1. The maximum Gasteiger partial charge on any atom is 0.573 e. The Morgan fingerprint density at radius 2 is 2.13 bits per heavy atom. The molecule has 1 saturated carbocycles. The van der Waals surface area contributed by atoms with Gasteiger partial charge in [-0.3, -0.25) is 19.2 Å². The summed E-state index contributed by atoms with van der Waals surface area (Å²) in [5, 5.41) is 0.812. The Hall–Kier alpha value is -3.25. The number of rotatable bonds is 9. The van der Waals surface area contributed by atoms with Gasteiger partial charge in [0.15, 0.2) is 5.65 Å². The van der Waals surface area contributed by atoms with Crippen molar-refractivity contribution in [2.75, 3.05) is 30.8 Å². The number of halogens is 4. The number of hydrogen-bond donors (Lipinski definition) is 0. The van der Waals surface area contributed by atoms with Crippen LogP contribution in [0, 0.1) is 5.92 Å². The Bertz CT molecular complexity index is 1410. The zero-order chi connectivity index (χ0) is 26.9. The number of alkyl halides is 3. The Morgan fingerprint density at radius 3 is 2.79 bits per heavy atom. The van der Waals surface area contributed by atoms with Gasteiger partial charge in [-0.05, 0) is 43.2 Å². The van der Waals surface area contributed by atoms with Crippen LogP contribution < -0.4 is 9.64 Å². The first-order valence-electron chi connectivity index (χ1n) is 11.9. The van der Waals surface area contributed by atoms with Crippen LogP contribution in [0.5, 0.6) is 5.75 Å². The molecule has 1 aliphatic carbocycles. The van der Waals surface area contributed by atoms with Crippen molar-refractivity contribution in [3.8, 4) is 17.0 Å². The van der Waals surface area contributed by atoms with Crippen LogP contribution in [-0.2, 0) is 4.79 Å². The highest BCUT2D eigenvalue weighted by Crippen LogP contribution is 2.39. The molecule has 0 saturated heterocycles. The zero-order valence-electron chi connectivity index (χ0n) is 20.4. The van der Waals surface area contributed by atoms with E-state index in [0.29, 0.717) is 42.3 Å². The lowest BCUT2D eigenvalue weighted by Crippen LogP contribution is -2.35. The number of carbonyl (C=O) groups is 1. The monoisotopic (exact) mass is 564 g/mol. The molecule has 0 bridgehead atoms. The van der Waals surface area contributed by atoms with E-state index in [2.05, 4.69) is 19.6 Å². The quantitative estimate of drug-likeness (QED) is 0.312. The number of aliphatic imine (C=N–C) groups is 1. The van der Waals surface area contributed by atoms with Crippen molar-refractivity contribution in [3.05, 3.63) is 48.0 Å². The molecule has 1 aromatic carbocycles. The summed E-state index contributed by atoms with van der Waals surface area (Å²) in [6.07, 6.45) is 8.06. The molecule has 8 nitrogen and oxygen atoms in total. The molecular formula is C25H24ClF3N6O2S. The van der Waals surface area contributed by atoms with E-state index < -0.39 is 12.1 Å². The Balaban J connectivity index is 1.48. The SMILES string of the molecule is CSc1nc2c(-c3ccc(OC(F)(F)F)cc3Cl)nccn2c1N(CCC(=O)N1C=CN=CC1)CC1CC1. The van der Waals surface area contributed by atoms with Gasteiger partial charge in [0.2, 0.25) is 5.91 Å². The first-order chi connectivity index (χ1) is 18.2. The van der Waals surface area contributed by atoms with Crippen molar-refractivity contribution in [1.29, 1.82) is 0 Å². The average Bonchev–Trinajstić information content (AvgIpc) is 3.63. The van der Waals surface area contributed by atoms with E-state index in [-0.39, 0.29) is 10.9 Å². The molecule has 0 unspecified atom stereocenters. The number of fused-ring (bicyclic) bond motifs is 1. The van der Waals surface area contributed by atoms with Crippen LogP contribution in [0.1, 0.15) is 19.3 Å². The third-order valence-electron chi connectivity index (χ3n) is 6.22. The van der Waals surface area contributed by atoms with E-state index in [0.717, 1.165) is 36.3 Å². The third-order valence-corrected chi connectivity index (χ3v) is 7.19. The summed E-state index contributed by atoms with van der Waals surface area (Å²) in [4.78, 5) is 30.0. The van der Waals surface area contributed by atoms with E-state index in [1.807, 2.05) is 10.7 Å². The van der Waals surface area contributed by atoms with Crippen molar-refractivity contribution in [2.45, 2.75) is 30.7 Å². The average molecular weight is 565 g/mol. The lowest BCUT2D eigenvalue weighted by Gasteiger charge is -2.26. The molecule has 5 rings (SSSR count). The Labute approximate surface area is 226 Å². The molecule has 0 atom stereocenters. The van der Waals surface area contributed by atoms with Gasteiger partial charge in [0.1, 0.15) is 22.3 Å². The predicted octanol–water partition coefficient (Wildman–Crippen LogP) is 5.66. The molecule has 13 heteroatoms. The highest BCUT2D eigenvalue weighted by atomic mass is 35.5. The fourth-order valence-electron chi connectivity index (χ4n) is 4.27. The maximum atomic E-state index is 12.8. The van der Waals surface area contributed by atoms with Gasteiger partial charge in [-0.15, -0.1) is 24.9 Å². The number of carbonyl (C=O) groups excluding carboxylic acids is 1. The zero-order valence-corrected chi connectivity index (χ0v) is 21.9. The molecule has 1 aliphatic heterocycles. The molecule has 2 aromatic heterocycles. The first kappa shape index (κ1) is 26.4. The summed E-state index contributed by atoms with van der Waals surface area (Å²) < 4.78 is 43.8. The van der Waals surface area contributed by atoms with E-state index in [1.54, 1.807) is 35.9 Å². The van der Waals surface area contributed by atoms with Gasteiger partial charge in [-0.1, -0.05) is 11.6 Å². The number of thioether (sulfide) groups is 1. The lowest BCUT2D eigenvalue weighted by atomic mass is 10.1. The van der Waals surface area contributed by atoms with Crippen LogP contribution >= 0.6 is 23.4 Å². The number of ether oxygens (including phenoxy) is 1. The molecule has 2 aliphatic rings. The second-order valence-electron chi connectivity index (χ2n) is 8.92. The standard InChI is InChI=1S/C25H24ClF3N6O2S/c1-38-23-24(34(15-16-2-3-16)10-6-20(36)33-11-7-30-8-12-33)35-13-9-31-21(22(35)32-23)18-5-4-17(14-19(18)26)37-25(27,28)29/h4-5,7-9,11,13-14,16H,2-3,6,10,12,15H2,1H3. The van der Waals surface area contributed by atoms with Crippen LogP contribution in [0.15, 0.2) is 53.0 Å². The van der Waals surface area contributed by atoms with Crippen LogP contribution in [0.2, 0.25) is 5.02 Å². The molecule has 0 N–H and O–H groups in total. The minimum atomic E-state index is -4.82. The number of benzene rings is 1. The van der Waals surface area contributed by atoms with Gasteiger partial charge < -0.3 is 14.5 Å². The van der Waals surface area contributed by atoms with E-state index in [4.69, 9.17) is 16.6 Å². The summed E-state index contributed by atoms with van der Waals surface area (Å²) in [5.74, 6) is 0.981. The molecule has 0 spiro atoms. The third kappa shape index (κ3) is 5.91. The Kier molecular flexibility index (Phi) is 7.53. The second-order valence-corrected chi connectivity index (χ2v) is 10.1. The van der Waals surface area contributed by atoms with Crippen LogP contribution in [-0.4, -0.2) is 63.6 Å². The van der Waals surface area contributed by atoms with Gasteiger partial charge in [0.05, 0.1) is 11.6 Å². The normalized spacial score (nSPS) is 15.3. The number of aromatic nitrogens is 3. The van der Waals surface area contributed by atoms with Gasteiger partial charge in [0, 0.05) is 56.1 Å². The van der Waals surface area contributed by atoms with E-state index in [1.165, 1.54) is 23.9 Å². The molecular weight excluding hydrogens is 541 g/mol. The van der Waals surface area contributed by atoms with Crippen molar-refractivity contribution >= 4 is 46.9 Å². The largest absolute Gasteiger partial charge is 0.573 e. The minimum Gasteiger partial charge on any atom is -0.406 e. The maximum absolute atomic E-state index is 12.8. The smallest absolute Gasteiger partial charge is 0.406 e. The van der Waals surface area contributed by atoms with Gasteiger partial charge >= 0.3 is 6.36 Å². The Morgan fingerprint density at radius 1 is 1.32 bits per heavy atom. The van der Waals surface area contributed by atoms with Crippen molar-refractivity contribution < 1.29 is 22.7 Å². The topological polar surface area (TPSA) is 75.3 Å². The van der Waals surface area contributed by atoms with Gasteiger partial charge in [-0.25, -0.2) is 4.98 Å². The van der Waals surface area contributed by atoms with E-state index >= 15 is 0 Å². The summed E-state index contributed by atoms with van der Waals surface area (Å²) in [6, 6.07) is 3.75. The molecule has 3 aromatic rings. The van der Waals surface area contributed by atoms with Gasteiger partial charge in [-0.2, -0.15) is 0 Å². The fourth-order valence-corrected chi connectivity index (χ4v) is 5.12. The molecule has 200 valence electrons. The highest BCUT2D eigenvalue weighted by Gasteiger charge is 2.32. The number of nitrogens with zero attached hydrogens (tertiary/aromatic N) is 6. The molecule has 1 amide bonds. The lowest BCUT2D eigenvalue weighted by molar-refractivity contribution is -0.274. The summed E-state index contributed by atoms with van der Waals surface area (Å²) in [6.45, 7) is 1.74. The van der Waals surface area contributed by atoms with Gasteiger partial charge in [0.25, 0.3) is 0 Å². The number of imidazole rings is 1. The minimum absolute atomic E-state index is 0.00280. The van der Waals surface area contributed by atoms with Crippen LogP contribution in [0.25, 0.3) is 16.9 Å². The van der Waals surface area contributed by atoms with Crippen LogP contribution in [0.4, 0.5) is 19.0 Å². The van der Waals surface area contributed by atoms with Crippen molar-refractivity contribution in [3.63, 3.8) is 0 Å². The molecule has 38 heavy (non-hydrogen) atoms. The fraction of sp³-hybridized carbons (Fsp3) is 0.360. The van der Waals surface area contributed by atoms with Crippen molar-refractivity contribution in [2.24, 2.45) is 10.9 Å². The first-order valence-corrected chi connectivity index (χ1v) is 13.5. The van der Waals surface area contributed by atoms with Crippen LogP contribution in [0.3, 0.4) is 0 Å². The predicted molar refractivity (Wildman–Crippen MR) is 141 cm³/mol. The summed E-state index contributed by atoms with van der Waals surface area (Å²) in [7, 11) is 0. The molecule has 0 radical (unpaired) electrons. The second kappa shape index (κ2) is 10.9. The number of amides is 1. The molecule has 1 fully saturated rings. The summed E-state index contributed by atoms with van der Waals surface area (Å²) in [5.41, 5.74) is 1.37. The summed E-state index contributed by atoms with van der Waals surface area (Å²) >= 11 is 7.85. The molecule has 3 heterocycles. The van der Waals surface area contributed by atoms with Crippen molar-refractivity contribution in [1.82, 2.24) is 19.3 Å². The number of hydrogen-bond acceptors (Lipinski definition) is 7. The highest BCUT2D eigenvalue weighted by molar-refractivity contribution is 7.98.